The first kappa shape index (κ1) is 18.3. The second-order valence-corrected chi connectivity index (χ2v) is 8.16. The SMILES string of the molecule is COCCCn1cnc2sc3c(c2c1=O)CC[C@@H](NCc1ccccc1)C3. The van der Waals surface area contributed by atoms with Gasteiger partial charge in [0.15, 0.2) is 0 Å². The molecular formula is C21H25N3O2S. The highest BCUT2D eigenvalue weighted by Crippen LogP contribution is 2.33. The van der Waals surface area contributed by atoms with Gasteiger partial charge in [0.25, 0.3) is 5.56 Å². The van der Waals surface area contributed by atoms with E-state index in [-0.39, 0.29) is 5.56 Å². The molecule has 1 aliphatic carbocycles. The third-order valence-corrected chi connectivity index (χ3v) is 6.38. The van der Waals surface area contributed by atoms with Crippen molar-refractivity contribution in [3.63, 3.8) is 0 Å². The van der Waals surface area contributed by atoms with E-state index in [9.17, 15) is 4.79 Å². The van der Waals surface area contributed by atoms with Gasteiger partial charge in [0.2, 0.25) is 0 Å². The monoisotopic (exact) mass is 383 g/mol. The molecule has 27 heavy (non-hydrogen) atoms. The molecule has 0 unspecified atom stereocenters. The minimum absolute atomic E-state index is 0.101. The highest BCUT2D eigenvalue weighted by molar-refractivity contribution is 7.18. The minimum atomic E-state index is 0.101. The van der Waals surface area contributed by atoms with Crippen molar-refractivity contribution in [3.05, 3.63) is 63.0 Å². The smallest absolute Gasteiger partial charge is 0.262 e. The number of nitrogens with zero attached hydrogens (tertiary/aromatic N) is 2. The molecule has 5 nitrogen and oxygen atoms in total. The van der Waals surface area contributed by atoms with Gasteiger partial charge in [0, 0.05) is 37.7 Å². The van der Waals surface area contributed by atoms with Crippen LogP contribution in [-0.2, 0) is 30.7 Å². The Morgan fingerprint density at radius 2 is 2.19 bits per heavy atom. The van der Waals surface area contributed by atoms with E-state index in [1.54, 1.807) is 29.3 Å². The van der Waals surface area contributed by atoms with Gasteiger partial charge in [0.1, 0.15) is 4.83 Å². The quantitative estimate of drug-likeness (QED) is 0.637. The van der Waals surface area contributed by atoms with Crippen LogP contribution in [0.15, 0.2) is 41.5 Å². The lowest BCUT2D eigenvalue weighted by molar-refractivity contribution is 0.190. The van der Waals surface area contributed by atoms with Gasteiger partial charge in [-0.05, 0) is 36.8 Å². The summed E-state index contributed by atoms with van der Waals surface area (Å²) in [6.45, 7) is 2.19. The van der Waals surface area contributed by atoms with Gasteiger partial charge in [0.05, 0.1) is 11.7 Å². The summed E-state index contributed by atoms with van der Waals surface area (Å²) in [6, 6.07) is 10.9. The van der Waals surface area contributed by atoms with Crippen LogP contribution in [0.4, 0.5) is 0 Å². The maximum atomic E-state index is 12.9. The number of rotatable bonds is 7. The number of thiophene rings is 1. The zero-order valence-electron chi connectivity index (χ0n) is 15.6. The van der Waals surface area contributed by atoms with Gasteiger partial charge in [-0.2, -0.15) is 0 Å². The summed E-state index contributed by atoms with van der Waals surface area (Å²) in [5.74, 6) is 0. The Balaban J connectivity index is 1.51. The van der Waals surface area contributed by atoms with Gasteiger partial charge >= 0.3 is 0 Å². The average Bonchev–Trinajstić information content (AvgIpc) is 3.07. The zero-order valence-corrected chi connectivity index (χ0v) is 16.4. The lowest BCUT2D eigenvalue weighted by atomic mass is 9.93. The van der Waals surface area contributed by atoms with Gasteiger partial charge < -0.3 is 10.1 Å². The Hall–Kier alpha value is -2.02. The molecule has 0 spiro atoms. The topological polar surface area (TPSA) is 56.2 Å². The fourth-order valence-electron chi connectivity index (χ4n) is 3.77. The molecule has 1 atom stereocenters. The fourth-order valence-corrected chi connectivity index (χ4v) is 5.03. The molecule has 0 aliphatic heterocycles. The highest BCUT2D eigenvalue weighted by atomic mass is 32.1. The number of nitrogens with one attached hydrogen (secondary N) is 1. The van der Waals surface area contributed by atoms with Gasteiger partial charge in [-0.25, -0.2) is 4.98 Å². The molecule has 2 aromatic heterocycles. The number of hydrogen-bond acceptors (Lipinski definition) is 5. The molecule has 1 aliphatic rings. The standard InChI is InChI=1S/C21H25N3O2S/c1-26-11-5-10-24-14-23-20-19(21(24)25)17-9-8-16(12-18(17)27-20)22-13-15-6-3-2-4-7-15/h2-4,6-7,14,16,22H,5,8-13H2,1H3/t16-/m1/s1. The van der Waals surface area contributed by atoms with Crippen molar-refractivity contribution < 1.29 is 4.74 Å². The molecule has 0 amide bonds. The van der Waals surface area contributed by atoms with Crippen LogP contribution in [0.2, 0.25) is 0 Å². The number of hydrogen-bond donors (Lipinski definition) is 1. The molecule has 0 fully saturated rings. The molecule has 0 bridgehead atoms. The van der Waals surface area contributed by atoms with Crippen molar-refractivity contribution in [3.8, 4) is 0 Å². The summed E-state index contributed by atoms with van der Waals surface area (Å²) < 4.78 is 6.82. The molecule has 0 radical (unpaired) electrons. The van der Waals surface area contributed by atoms with Crippen LogP contribution in [-0.4, -0.2) is 29.3 Å². The molecule has 142 valence electrons. The Kier molecular flexibility index (Phi) is 5.66. The van der Waals surface area contributed by atoms with E-state index >= 15 is 0 Å². The largest absolute Gasteiger partial charge is 0.385 e. The number of aryl methyl sites for hydroxylation is 2. The van der Waals surface area contributed by atoms with E-state index in [2.05, 4.69) is 34.6 Å². The maximum Gasteiger partial charge on any atom is 0.262 e. The summed E-state index contributed by atoms with van der Waals surface area (Å²) in [5, 5.41) is 4.52. The van der Waals surface area contributed by atoms with Crippen LogP contribution in [0.25, 0.3) is 10.2 Å². The van der Waals surface area contributed by atoms with Crippen molar-refractivity contribution >= 4 is 21.6 Å². The van der Waals surface area contributed by atoms with Crippen molar-refractivity contribution in [2.75, 3.05) is 13.7 Å². The second kappa shape index (κ2) is 8.33. The molecule has 6 heteroatoms. The van der Waals surface area contributed by atoms with Crippen LogP contribution in [0.5, 0.6) is 0 Å². The number of ether oxygens (including phenoxy) is 1. The first-order valence-corrected chi connectivity index (χ1v) is 10.3. The number of methoxy groups -OCH3 is 1. The zero-order chi connectivity index (χ0) is 18.6. The van der Waals surface area contributed by atoms with Crippen molar-refractivity contribution in [1.29, 1.82) is 0 Å². The van der Waals surface area contributed by atoms with E-state index in [0.717, 1.165) is 42.4 Å². The highest BCUT2D eigenvalue weighted by Gasteiger charge is 2.25. The summed E-state index contributed by atoms with van der Waals surface area (Å²) in [4.78, 5) is 19.7. The Labute approximate surface area is 163 Å². The molecule has 2 heterocycles. The van der Waals surface area contributed by atoms with Crippen LogP contribution < -0.4 is 10.9 Å². The maximum absolute atomic E-state index is 12.9. The first-order valence-electron chi connectivity index (χ1n) is 9.52. The Bertz CT molecular complexity index is 965. The van der Waals surface area contributed by atoms with Crippen LogP contribution in [0, 0.1) is 0 Å². The summed E-state index contributed by atoms with van der Waals surface area (Å²) in [5.41, 5.74) is 2.64. The van der Waals surface area contributed by atoms with Gasteiger partial charge in [-0.3, -0.25) is 9.36 Å². The lowest BCUT2D eigenvalue weighted by Gasteiger charge is -2.23. The second-order valence-electron chi connectivity index (χ2n) is 7.08. The first-order chi connectivity index (χ1) is 13.3. The minimum Gasteiger partial charge on any atom is -0.385 e. The Morgan fingerprint density at radius 1 is 1.33 bits per heavy atom. The molecule has 1 aromatic carbocycles. The number of benzene rings is 1. The summed E-state index contributed by atoms with van der Waals surface area (Å²) in [7, 11) is 1.68. The molecule has 0 saturated carbocycles. The van der Waals surface area contributed by atoms with Crippen molar-refractivity contribution in [1.82, 2.24) is 14.9 Å². The number of fused-ring (bicyclic) bond motifs is 3. The molecular weight excluding hydrogens is 358 g/mol. The predicted molar refractivity (Wildman–Crippen MR) is 109 cm³/mol. The van der Waals surface area contributed by atoms with Crippen LogP contribution in [0.3, 0.4) is 0 Å². The van der Waals surface area contributed by atoms with E-state index < -0.39 is 0 Å². The third kappa shape index (κ3) is 3.98. The summed E-state index contributed by atoms with van der Waals surface area (Å²) in [6.07, 6.45) is 5.49. The van der Waals surface area contributed by atoms with Crippen LogP contribution in [0.1, 0.15) is 28.8 Å². The predicted octanol–water partition coefficient (Wildman–Crippen LogP) is 3.14. The fraction of sp³-hybridized carbons (Fsp3) is 0.429. The summed E-state index contributed by atoms with van der Waals surface area (Å²) >= 11 is 1.69. The Morgan fingerprint density at radius 3 is 3.00 bits per heavy atom. The van der Waals surface area contributed by atoms with Crippen molar-refractivity contribution in [2.45, 2.75) is 44.8 Å². The normalized spacial score (nSPS) is 16.6. The van der Waals surface area contributed by atoms with Gasteiger partial charge in [-0.15, -0.1) is 11.3 Å². The van der Waals surface area contributed by atoms with E-state index in [0.29, 0.717) is 19.2 Å². The molecule has 3 aromatic rings. The average molecular weight is 384 g/mol. The van der Waals surface area contributed by atoms with Crippen molar-refractivity contribution in [2.24, 2.45) is 0 Å². The number of aromatic nitrogens is 2. The van der Waals surface area contributed by atoms with Gasteiger partial charge in [-0.1, -0.05) is 30.3 Å². The third-order valence-electron chi connectivity index (χ3n) is 5.22. The molecule has 4 rings (SSSR count). The lowest BCUT2D eigenvalue weighted by Crippen LogP contribution is -2.33. The van der Waals surface area contributed by atoms with E-state index in [1.165, 1.54) is 16.0 Å². The van der Waals surface area contributed by atoms with Crippen LogP contribution >= 0.6 is 11.3 Å². The molecule has 0 saturated heterocycles. The van der Waals surface area contributed by atoms with E-state index in [1.807, 2.05) is 6.07 Å². The molecule has 1 N–H and O–H groups in total. The van der Waals surface area contributed by atoms with E-state index in [4.69, 9.17) is 4.74 Å².